The summed E-state index contributed by atoms with van der Waals surface area (Å²) in [6.07, 6.45) is 2.06. The van der Waals surface area contributed by atoms with E-state index in [2.05, 4.69) is 92.6 Å². The Hall–Kier alpha value is -4.32. The highest BCUT2D eigenvalue weighted by molar-refractivity contribution is 5.57. The standard InChI is InChI=1S/C32H34N6/c1-3-25-5-9-27(10-6-25)33-35-29-13-17-31(18-14-29)37-21-23-38(24-22-37)32-19-15-30(16-20-32)36-34-28-11-7-26(4-2)8-12-28/h5-20H,3-4,21-24H2,1-2H3/b35-33+,36-34+. The molecule has 4 aromatic carbocycles. The van der Waals surface area contributed by atoms with Gasteiger partial charge < -0.3 is 9.80 Å². The van der Waals surface area contributed by atoms with Crippen molar-refractivity contribution in [3.05, 3.63) is 108 Å². The fourth-order valence-electron chi connectivity index (χ4n) is 4.51. The molecule has 4 aromatic rings. The van der Waals surface area contributed by atoms with E-state index < -0.39 is 0 Å². The molecule has 6 heteroatoms. The molecule has 1 fully saturated rings. The average molecular weight is 503 g/mol. The minimum Gasteiger partial charge on any atom is -0.368 e. The zero-order valence-electron chi connectivity index (χ0n) is 22.2. The first-order valence-electron chi connectivity index (χ1n) is 13.4. The van der Waals surface area contributed by atoms with E-state index in [-0.39, 0.29) is 0 Å². The normalized spacial score (nSPS) is 14.1. The van der Waals surface area contributed by atoms with Gasteiger partial charge in [-0.2, -0.15) is 20.5 Å². The molecule has 0 radical (unpaired) electrons. The molecule has 0 unspecified atom stereocenters. The van der Waals surface area contributed by atoms with E-state index in [0.717, 1.165) is 61.8 Å². The first-order valence-corrected chi connectivity index (χ1v) is 13.4. The van der Waals surface area contributed by atoms with E-state index in [1.165, 1.54) is 22.5 Å². The minimum absolute atomic E-state index is 0.863. The van der Waals surface area contributed by atoms with Crippen LogP contribution in [0.5, 0.6) is 0 Å². The highest BCUT2D eigenvalue weighted by Crippen LogP contribution is 2.26. The van der Waals surface area contributed by atoms with Gasteiger partial charge in [0, 0.05) is 37.6 Å². The second-order valence-electron chi connectivity index (χ2n) is 9.45. The molecule has 1 heterocycles. The number of anilines is 2. The van der Waals surface area contributed by atoms with Crippen LogP contribution in [0.1, 0.15) is 25.0 Å². The van der Waals surface area contributed by atoms with Gasteiger partial charge in [-0.15, -0.1) is 0 Å². The van der Waals surface area contributed by atoms with Crippen LogP contribution in [0.25, 0.3) is 0 Å². The van der Waals surface area contributed by atoms with Gasteiger partial charge in [0.15, 0.2) is 0 Å². The van der Waals surface area contributed by atoms with Crippen LogP contribution in [0.15, 0.2) is 118 Å². The van der Waals surface area contributed by atoms with Crippen molar-refractivity contribution >= 4 is 34.1 Å². The van der Waals surface area contributed by atoms with Crippen molar-refractivity contribution in [1.29, 1.82) is 0 Å². The van der Waals surface area contributed by atoms with E-state index in [4.69, 9.17) is 0 Å². The summed E-state index contributed by atoms with van der Waals surface area (Å²) in [6, 6.07) is 33.2. The predicted molar refractivity (Wildman–Crippen MR) is 157 cm³/mol. The van der Waals surface area contributed by atoms with Crippen molar-refractivity contribution in [2.24, 2.45) is 20.5 Å². The van der Waals surface area contributed by atoms with Crippen molar-refractivity contribution in [3.63, 3.8) is 0 Å². The smallest absolute Gasteiger partial charge is 0.0858 e. The number of hydrogen-bond donors (Lipinski definition) is 0. The van der Waals surface area contributed by atoms with Crippen molar-refractivity contribution in [2.45, 2.75) is 26.7 Å². The Morgan fingerprint density at radius 3 is 0.947 bits per heavy atom. The van der Waals surface area contributed by atoms with Crippen LogP contribution >= 0.6 is 0 Å². The molecule has 0 aliphatic carbocycles. The second-order valence-corrected chi connectivity index (χ2v) is 9.45. The Balaban J connectivity index is 1.12. The third-order valence-electron chi connectivity index (χ3n) is 6.96. The molecule has 192 valence electrons. The Labute approximate surface area is 225 Å². The quantitative estimate of drug-likeness (QED) is 0.226. The SMILES string of the molecule is CCc1ccc(/N=N/c2ccc(N3CCN(c4ccc(/N=N/c5ccc(CC)cc5)cc4)CC3)cc2)cc1. The van der Waals surface area contributed by atoms with Crippen LogP contribution in [0.4, 0.5) is 34.1 Å². The highest BCUT2D eigenvalue weighted by Gasteiger charge is 2.17. The van der Waals surface area contributed by atoms with Gasteiger partial charge in [0.1, 0.15) is 0 Å². The average Bonchev–Trinajstić information content (AvgIpc) is 3.00. The summed E-state index contributed by atoms with van der Waals surface area (Å²) in [7, 11) is 0. The molecule has 0 N–H and O–H groups in total. The molecule has 0 amide bonds. The molecule has 1 aliphatic rings. The van der Waals surface area contributed by atoms with E-state index in [9.17, 15) is 0 Å². The van der Waals surface area contributed by atoms with Crippen molar-refractivity contribution < 1.29 is 0 Å². The van der Waals surface area contributed by atoms with Gasteiger partial charge in [0.05, 0.1) is 22.7 Å². The summed E-state index contributed by atoms with van der Waals surface area (Å²) in [4.78, 5) is 4.85. The van der Waals surface area contributed by atoms with Crippen LogP contribution in [0.2, 0.25) is 0 Å². The summed E-state index contributed by atoms with van der Waals surface area (Å²) < 4.78 is 0. The predicted octanol–water partition coefficient (Wildman–Crippen LogP) is 8.97. The van der Waals surface area contributed by atoms with Crippen LogP contribution in [-0.4, -0.2) is 26.2 Å². The Morgan fingerprint density at radius 2 is 0.684 bits per heavy atom. The van der Waals surface area contributed by atoms with Gasteiger partial charge >= 0.3 is 0 Å². The topological polar surface area (TPSA) is 55.9 Å². The molecule has 38 heavy (non-hydrogen) atoms. The molecule has 0 spiro atoms. The number of benzene rings is 4. The molecule has 0 bridgehead atoms. The van der Waals surface area contributed by atoms with Gasteiger partial charge in [-0.25, -0.2) is 0 Å². The van der Waals surface area contributed by atoms with Crippen LogP contribution in [0.3, 0.4) is 0 Å². The number of hydrogen-bond acceptors (Lipinski definition) is 6. The maximum atomic E-state index is 4.40. The molecule has 6 nitrogen and oxygen atoms in total. The zero-order valence-corrected chi connectivity index (χ0v) is 22.2. The van der Waals surface area contributed by atoms with Crippen LogP contribution in [-0.2, 0) is 12.8 Å². The molecule has 1 aliphatic heterocycles. The number of nitrogens with zero attached hydrogens (tertiary/aromatic N) is 6. The highest BCUT2D eigenvalue weighted by atomic mass is 15.3. The first kappa shape index (κ1) is 25.3. The summed E-state index contributed by atoms with van der Waals surface area (Å²) in [6.45, 7) is 8.19. The first-order chi connectivity index (χ1) is 18.7. The lowest BCUT2D eigenvalue weighted by Crippen LogP contribution is -2.46. The van der Waals surface area contributed by atoms with E-state index in [1.807, 2.05) is 48.5 Å². The lowest BCUT2D eigenvalue weighted by Gasteiger charge is -2.37. The molecule has 1 saturated heterocycles. The Bertz CT molecular complexity index is 1240. The Morgan fingerprint density at radius 1 is 0.421 bits per heavy atom. The molecule has 5 rings (SSSR count). The lowest BCUT2D eigenvalue weighted by atomic mass is 10.2. The Kier molecular flexibility index (Phi) is 8.19. The minimum atomic E-state index is 0.863. The second kappa shape index (κ2) is 12.3. The fourth-order valence-corrected chi connectivity index (χ4v) is 4.51. The lowest BCUT2D eigenvalue weighted by molar-refractivity contribution is 0.653. The van der Waals surface area contributed by atoms with Gasteiger partial charge in [0.2, 0.25) is 0 Å². The zero-order chi connectivity index (χ0) is 26.2. The van der Waals surface area contributed by atoms with Crippen LogP contribution < -0.4 is 9.80 Å². The molecular weight excluding hydrogens is 468 g/mol. The largest absolute Gasteiger partial charge is 0.368 e. The third kappa shape index (κ3) is 6.51. The molecular formula is C32H34N6. The van der Waals surface area contributed by atoms with Gasteiger partial charge in [-0.1, -0.05) is 38.1 Å². The summed E-state index contributed by atoms with van der Waals surface area (Å²) in [5, 5.41) is 17.5. The van der Waals surface area contributed by atoms with Crippen molar-refractivity contribution in [1.82, 2.24) is 0 Å². The maximum absolute atomic E-state index is 4.40. The van der Waals surface area contributed by atoms with E-state index in [1.54, 1.807) is 0 Å². The number of rotatable bonds is 8. The van der Waals surface area contributed by atoms with Gasteiger partial charge in [-0.3, -0.25) is 0 Å². The number of azo groups is 2. The monoisotopic (exact) mass is 502 g/mol. The fraction of sp³-hybridized carbons (Fsp3) is 0.250. The third-order valence-corrected chi connectivity index (χ3v) is 6.96. The number of aryl methyl sites for hydroxylation is 2. The van der Waals surface area contributed by atoms with Crippen molar-refractivity contribution in [3.8, 4) is 0 Å². The van der Waals surface area contributed by atoms with E-state index >= 15 is 0 Å². The molecule has 0 atom stereocenters. The maximum Gasteiger partial charge on any atom is 0.0858 e. The molecule has 0 saturated carbocycles. The van der Waals surface area contributed by atoms with Gasteiger partial charge in [-0.05, 0) is 96.8 Å². The summed E-state index contributed by atoms with van der Waals surface area (Å²) >= 11 is 0. The summed E-state index contributed by atoms with van der Waals surface area (Å²) in [5.41, 5.74) is 8.53. The van der Waals surface area contributed by atoms with Crippen LogP contribution in [0, 0.1) is 0 Å². The molecule has 0 aromatic heterocycles. The summed E-state index contributed by atoms with van der Waals surface area (Å²) in [5.74, 6) is 0. The number of piperazine rings is 1. The van der Waals surface area contributed by atoms with Gasteiger partial charge in [0.25, 0.3) is 0 Å². The van der Waals surface area contributed by atoms with Crippen molar-refractivity contribution in [2.75, 3.05) is 36.0 Å². The van der Waals surface area contributed by atoms with E-state index in [0.29, 0.717) is 0 Å².